The molecular formula is C14H14O2. The van der Waals surface area contributed by atoms with E-state index < -0.39 is 0 Å². The molecule has 0 unspecified atom stereocenters. The Labute approximate surface area is 94.7 Å². The van der Waals surface area contributed by atoms with Gasteiger partial charge in [0.05, 0.1) is 5.92 Å². The molecule has 82 valence electrons. The number of carbonyl (C=O) groups excluding carboxylic acids is 2. The molecule has 0 amide bonds. The van der Waals surface area contributed by atoms with E-state index in [0.29, 0.717) is 6.42 Å². The van der Waals surface area contributed by atoms with Gasteiger partial charge in [-0.15, -0.1) is 0 Å². The van der Waals surface area contributed by atoms with E-state index in [1.54, 1.807) is 0 Å². The molecule has 1 fully saturated rings. The lowest BCUT2D eigenvalue weighted by atomic mass is 9.67. The highest BCUT2D eigenvalue weighted by molar-refractivity contribution is 6.12. The fraction of sp³-hybridized carbons (Fsp3) is 0.429. The molecule has 2 aliphatic rings. The second-order valence-electron chi connectivity index (χ2n) is 4.82. The minimum absolute atomic E-state index is 0.0663. The fourth-order valence-electron chi connectivity index (χ4n) is 3.09. The standard InChI is InChI=1S/C14H14O2/c15-12-7-3-5-10-8-9-4-1-2-6-11(9)14(16)13(10)12/h1-2,4,6,10,13H,3,5,7-8H2/t10-,13-/m1/s1. The van der Waals surface area contributed by atoms with E-state index in [-0.39, 0.29) is 23.4 Å². The summed E-state index contributed by atoms with van der Waals surface area (Å²) >= 11 is 0. The van der Waals surface area contributed by atoms with Crippen molar-refractivity contribution in [3.05, 3.63) is 35.4 Å². The molecule has 0 bridgehead atoms. The van der Waals surface area contributed by atoms with Gasteiger partial charge in [-0.25, -0.2) is 0 Å². The predicted molar refractivity (Wildman–Crippen MR) is 60.3 cm³/mol. The second kappa shape index (κ2) is 3.55. The van der Waals surface area contributed by atoms with Crippen molar-refractivity contribution in [1.29, 1.82) is 0 Å². The summed E-state index contributed by atoms with van der Waals surface area (Å²) in [6.07, 6.45) is 3.47. The van der Waals surface area contributed by atoms with E-state index in [4.69, 9.17) is 0 Å². The largest absolute Gasteiger partial charge is 0.299 e. The van der Waals surface area contributed by atoms with Crippen LogP contribution in [-0.4, -0.2) is 11.6 Å². The molecular weight excluding hydrogens is 200 g/mol. The van der Waals surface area contributed by atoms with Gasteiger partial charge in [0, 0.05) is 12.0 Å². The summed E-state index contributed by atoms with van der Waals surface area (Å²) in [6, 6.07) is 7.72. The number of rotatable bonds is 0. The fourth-order valence-corrected chi connectivity index (χ4v) is 3.09. The topological polar surface area (TPSA) is 34.1 Å². The van der Waals surface area contributed by atoms with Gasteiger partial charge in [0.2, 0.25) is 0 Å². The van der Waals surface area contributed by atoms with Crippen molar-refractivity contribution < 1.29 is 9.59 Å². The monoisotopic (exact) mass is 214 g/mol. The van der Waals surface area contributed by atoms with E-state index in [1.807, 2.05) is 24.3 Å². The van der Waals surface area contributed by atoms with Gasteiger partial charge in [-0.3, -0.25) is 9.59 Å². The van der Waals surface area contributed by atoms with Crippen molar-refractivity contribution in [2.75, 3.05) is 0 Å². The zero-order valence-corrected chi connectivity index (χ0v) is 9.11. The summed E-state index contributed by atoms with van der Waals surface area (Å²) in [5, 5.41) is 0. The van der Waals surface area contributed by atoms with E-state index in [1.165, 1.54) is 0 Å². The van der Waals surface area contributed by atoms with Gasteiger partial charge < -0.3 is 0 Å². The number of Topliss-reactive ketones (excluding diaryl/α,β-unsaturated/α-hetero) is 2. The van der Waals surface area contributed by atoms with Crippen molar-refractivity contribution in [1.82, 2.24) is 0 Å². The van der Waals surface area contributed by atoms with E-state index in [9.17, 15) is 9.59 Å². The van der Waals surface area contributed by atoms with Gasteiger partial charge in [0.25, 0.3) is 0 Å². The number of ketones is 2. The van der Waals surface area contributed by atoms with Crippen molar-refractivity contribution in [3.8, 4) is 0 Å². The quantitative estimate of drug-likeness (QED) is 0.621. The van der Waals surface area contributed by atoms with Crippen LogP contribution in [0.5, 0.6) is 0 Å². The zero-order chi connectivity index (χ0) is 11.1. The highest BCUT2D eigenvalue weighted by atomic mass is 16.2. The molecule has 2 aliphatic carbocycles. The van der Waals surface area contributed by atoms with Crippen LogP contribution in [0.25, 0.3) is 0 Å². The lowest BCUT2D eigenvalue weighted by molar-refractivity contribution is -0.124. The lowest BCUT2D eigenvalue weighted by Gasteiger charge is -2.34. The Hall–Kier alpha value is -1.44. The Morgan fingerprint density at radius 2 is 1.94 bits per heavy atom. The average molecular weight is 214 g/mol. The SMILES string of the molecule is O=C1CCC[C@@H]2Cc3ccccc3C(=O)[C@@H]12. The molecule has 0 aliphatic heterocycles. The van der Waals surface area contributed by atoms with Crippen molar-refractivity contribution in [2.45, 2.75) is 25.7 Å². The van der Waals surface area contributed by atoms with Crippen LogP contribution in [0, 0.1) is 11.8 Å². The summed E-state index contributed by atoms with van der Waals surface area (Å²) in [7, 11) is 0. The van der Waals surface area contributed by atoms with Gasteiger partial charge in [0.15, 0.2) is 5.78 Å². The van der Waals surface area contributed by atoms with Crippen LogP contribution in [0.2, 0.25) is 0 Å². The molecule has 0 spiro atoms. The molecule has 3 rings (SSSR count). The molecule has 1 aromatic rings. The van der Waals surface area contributed by atoms with Gasteiger partial charge >= 0.3 is 0 Å². The molecule has 0 heterocycles. The number of benzene rings is 1. The first-order chi connectivity index (χ1) is 7.77. The molecule has 0 saturated heterocycles. The van der Waals surface area contributed by atoms with E-state index >= 15 is 0 Å². The lowest BCUT2D eigenvalue weighted by Crippen LogP contribution is -2.39. The first kappa shape index (κ1) is 9.76. The summed E-state index contributed by atoms with van der Waals surface area (Å²) in [4.78, 5) is 24.1. The van der Waals surface area contributed by atoms with Crippen LogP contribution in [-0.2, 0) is 11.2 Å². The maximum atomic E-state index is 12.2. The third-order valence-corrected chi connectivity index (χ3v) is 3.86. The van der Waals surface area contributed by atoms with Crippen molar-refractivity contribution in [3.63, 3.8) is 0 Å². The molecule has 2 nitrogen and oxygen atoms in total. The number of hydrogen-bond acceptors (Lipinski definition) is 2. The van der Waals surface area contributed by atoms with Crippen LogP contribution in [0.15, 0.2) is 24.3 Å². The van der Waals surface area contributed by atoms with Gasteiger partial charge in [-0.1, -0.05) is 24.3 Å². The van der Waals surface area contributed by atoms with Gasteiger partial charge in [-0.05, 0) is 30.7 Å². The highest BCUT2D eigenvalue weighted by Crippen LogP contribution is 2.37. The third-order valence-electron chi connectivity index (χ3n) is 3.86. The molecule has 1 saturated carbocycles. The Bertz CT molecular complexity index is 462. The molecule has 2 heteroatoms. The number of hydrogen-bond donors (Lipinski definition) is 0. The smallest absolute Gasteiger partial charge is 0.173 e. The number of fused-ring (bicyclic) bond motifs is 2. The first-order valence-corrected chi connectivity index (χ1v) is 5.92. The molecule has 0 N–H and O–H groups in total. The third kappa shape index (κ3) is 1.33. The molecule has 0 radical (unpaired) electrons. The average Bonchev–Trinajstić information content (AvgIpc) is 2.29. The Kier molecular flexibility index (Phi) is 2.16. The Morgan fingerprint density at radius 1 is 1.12 bits per heavy atom. The summed E-state index contributed by atoms with van der Waals surface area (Å²) in [5.41, 5.74) is 1.91. The maximum absolute atomic E-state index is 12.2. The minimum atomic E-state index is -0.330. The molecule has 2 atom stereocenters. The van der Waals surface area contributed by atoms with Crippen LogP contribution in [0.3, 0.4) is 0 Å². The highest BCUT2D eigenvalue weighted by Gasteiger charge is 2.41. The van der Waals surface area contributed by atoms with Crippen LogP contribution in [0.4, 0.5) is 0 Å². The normalized spacial score (nSPS) is 28.5. The summed E-state index contributed by atoms with van der Waals surface area (Å²) in [5.74, 6) is 0.166. The number of carbonyl (C=O) groups is 2. The summed E-state index contributed by atoms with van der Waals surface area (Å²) < 4.78 is 0. The van der Waals surface area contributed by atoms with Gasteiger partial charge in [0.1, 0.15) is 5.78 Å². The minimum Gasteiger partial charge on any atom is -0.299 e. The Morgan fingerprint density at radius 3 is 2.81 bits per heavy atom. The van der Waals surface area contributed by atoms with Gasteiger partial charge in [-0.2, -0.15) is 0 Å². The van der Waals surface area contributed by atoms with E-state index in [2.05, 4.69) is 0 Å². The van der Waals surface area contributed by atoms with Crippen molar-refractivity contribution >= 4 is 11.6 Å². The first-order valence-electron chi connectivity index (χ1n) is 5.92. The predicted octanol–water partition coefficient (Wildman–Crippen LogP) is 2.41. The molecule has 0 aromatic heterocycles. The van der Waals surface area contributed by atoms with Crippen LogP contribution in [0.1, 0.15) is 35.2 Å². The zero-order valence-electron chi connectivity index (χ0n) is 9.11. The van der Waals surface area contributed by atoms with Crippen LogP contribution >= 0.6 is 0 Å². The maximum Gasteiger partial charge on any atom is 0.173 e. The van der Waals surface area contributed by atoms with E-state index in [0.717, 1.165) is 30.4 Å². The summed E-state index contributed by atoms with van der Waals surface area (Å²) in [6.45, 7) is 0. The molecule has 16 heavy (non-hydrogen) atoms. The van der Waals surface area contributed by atoms with Crippen LogP contribution < -0.4 is 0 Å². The van der Waals surface area contributed by atoms with Crippen molar-refractivity contribution in [2.24, 2.45) is 11.8 Å². The Balaban J connectivity index is 2.07. The second-order valence-corrected chi connectivity index (χ2v) is 4.82. The molecule has 1 aromatic carbocycles.